The van der Waals surface area contributed by atoms with Crippen LogP contribution in [0.1, 0.15) is 34.8 Å². The van der Waals surface area contributed by atoms with Crippen LogP contribution in [0.4, 0.5) is 4.39 Å². The summed E-state index contributed by atoms with van der Waals surface area (Å²) >= 11 is 0. The number of aryl methyl sites for hydroxylation is 1. The van der Waals surface area contributed by atoms with Gasteiger partial charge in [-0.15, -0.1) is 0 Å². The van der Waals surface area contributed by atoms with Gasteiger partial charge in [0.25, 0.3) is 5.91 Å². The van der Waals surface area contributed by atoms with Gasteiger partial charge in [0, 0.05) is 35.2 Å². The maximum atomic E-state index is 13.1. The fourth-order valence-corrected chi connectivity index (χ4v) is 3.79. The van der Waals surface area contributed by atoms with Crippen LogP contribution >= 0.6 is 0 Å². The minimum atomic E-state index is -0.341. The summed E-state index contributed by atoms with van der Waals surface area (Å²) < 4.78 is 15.3. The second-order valence-electron chi connectivity index (χ2n) is 7.71. The second-order valence-corrected chi connectivity index (χ2v) is 7.71. The molecule has 0 aliphatic heterocycles. The number of rotatable bonds is 7. The van der Waals surface area contributed by atoms with Gasteiger partial charge in [0.1, 0.15) is 5.82 Å². The first-order chi connectivity index (χ1) is 14.6. The van der Waals surface area contributed by atoms with E-state index in [1.807, 2.05) is 13.0 Å². The minimum absolute atomic E-state index is 0.0128. The molecule has 0 aliphatic rings. The number of halogens is 1. The average molecular weight is 400 g/mol. The molecule has 3 aromatic carbocycles. The Hall–Kier alpha value is -3.40. The summed E-state index contributed by atoms with van der Waals surface area (Å²) in [7, 11) is 0. The number of aromatic nitrogens is 1. The molecule has 0 radical (unpaired) electrons. The molecule has 0 spiro atoms. The van der Waals surface area contributed by atoms with Crippen molar-refractivity contribution in [2.45, 2.75) is 32.4 Å². The molecular weight excluding hydrogens is 375 g/mol. The number of amides is 1. The molecule has 0 saturated heterocycles. The Kier molecular flexibility index (Phi) is 5.94. The molecule has 1 aromatic heterocycles. The SMILES string of the molecule is C[C@H](CCc1cn(Cc2ccccc2)c2ccccc12)NC(=O)c1ccc(F)cc1. The van der Waals surface area contributed by atoms with Crippen LogP contribution in [0.3, 0.4) is 0 Å². The van der Waals surface area contributed by atoms with Crippen LogP contribution in [0, 0.1) is 5.82 Å². The third-order valence-electron chi connectivity index (χ3n) is 5.40. The molecular formula is C26H25FN2O. The van der Waals surface area contributed by atoms with E-state index in [0.717, 1.165) is 19.4 Å². The fourth-order valence-electron chi connectivity index (χ4n) is 3.79. The predicted molar refractivity (Wildman–Crippen MR) is 119 cm³/mol. The highest BCUT2D eigenvalue weighted by molar-refractivity contribution is 5.94. The van der Waals surface area contributed by atoms with Crippen LogP contribution in [0.2, 0.25) is 0 Å². The Bertz CT molecular complexity index is 1130. The molecule has 4 heteroatoms. The highest BCUT2D eigenvalue weighted by Gasteiger charge is 2.13. The molecule has 1 amide bonds. The zero-order chi connectivity index (χ0) is 20.9. The van der Waals surface area contributed by atoms with Crippen LogP contribution in [0.5, 0.6) is 0 Å². The average Bonchev–Trinajstić information content (AvgIpc) is 3.11. The lowest BCUT2D eigenvalue weighted by atomic mass is 10.0. The molecule has 1 atom stereocenters. The van der Waals surface area contributed by atoms with E-state index in [-0.39, 0.29) is 17.8 Å². The molecule has 152 valence electrons. The Morgan fingerprint density at radius 2 is 1.67 bits per heavy atom. The molecule has 3 nitrogen and oxygen atoms in total. The van der Waals surface area contributed by atoms with Crippen molar-refractivity contribution in [2.75, 3.05) is 0 Å². The summed E-state index contributed by atoms with van der Waals surface area (Å²) in [5, 5.41) is 4.27. The van der Waals surface area contributed by atoms with Crippen molar-refractivity contribution in [3.8, 4) is 0 Å². The Labute approximate surface area is 176 Å². The van der Waals surface area contributed by atoms with Crippen LogP contribution in [0.25, 0.3) is 10.9 Å². The smallest absolute Gasteiger partial charge is 0.251 e. The van der Waals surface area contributed by atoms with Crippen molar-refractivity contribution < 1.29 is 9.18 Å². The van der Waals surface area contributed by atoms with Crippen molar-refractivity contribution in [3.05, 3.63) is 108 Å². The Morgan fingerprint density at radius 1 is 0.967 bits per heavy atom. The van der Waals surface area contributed by atoms with E-state index >= 15 is 0 Å². The number of carbonyl (C=O) groups is 1. The second kappa shape index (κ2) is 8.95. The first-order valence-corrected chi connectivity index (χ1v) is 10.3. The van der Waals surface area contributed by atoms with Gasteiger partial charge in [0.2, 0.25) is 0 Å². The molecule has 0 unspecified atom stereocenters. The van der Waals surface area contributed by atoms with Crippen molar-refractivity contribution in [1.82, 2.24) is 9.88 Å². The first-order valence-electron chi connectivity index (χ1n) is 10.3. The van der Waals surface area contributed by atoms with Gasteiger partial charge in [-0.25, -0.2) is 4.39 Å². The summed E-state index contributed by atoms with van der Waals surface area (Å²) in [4.78, 5) is 12.4. The quantitative estimate of drug-likeness (QED) is 0.432. The molecule has 0 fully saturated rings. The lowest BCUT2D eigenvalue weighted by Crippen LogP contribution is -2.32. The largest absolute Gasteiger partial charge is 0.350 e. The number of benzene rings is 3. The lowest BCUT2D eigenvalue weighted by molar-refractivity contribution is 0.0938. The van der Waals surface area contributed by atoms with Gasteiger partial charge in [0.05, 0.1) is 0 Å². The summed E-state index contributed by atoms with van der Waals surface area (Å²) in [6.07, 6.45) is 3.92. The van der Waals surface area contributed by atoms with Gasteiger partial charge >= 0.3 is 0 Å². The zero-order valence-electron chi connectivity index (χ0n) is 17.0. The van der Waals surface area contributed by atoms with Crippen molar-refractivity contribution in [3.63, 3.8) is 0 Å². The van der Waals surface area contributed by atoms with Crippen LogP contribution in [0.15, 0.2) is 85.1 Å². The predicted octanol–water partition coefficient (Wildman–Crippen LogP) is 5.58. The van der Waals surface area contributed by atoms with Crippen LogP contribution in [-0.4, -0.2) is 16.5 Å². The Balaban J connectivity index is 1.44. The normalized spacial score (nSPS) is 12.1. The fraction of sp³-hybridized carbons (Fsp3) is 0.192. The number of para-hydroxylation sites is 1. The van der Waals surface area contributed by atoms with Gasteiger partial charge in [-0.2, -0.15) is 0 Å². The van der Waals surface area contributed by atoms with E-state index in [1.54, 1.807) is 0 Å². The molecule has 0 saturated carbocycles. The molecule has 0 aliphatic carbocycles. The maximum absolute atomic E-state index is 13.1. The molecule has 30 heavy (non-hydrogen) atoms. The lowest BCUT2D eigenvalue weighted by Gasteiger charge is -2.13. The standard InChI is InChI=1S/C26H25FN2O/c1-19(28-26(30)21-13-15-23(27)16-14-21)11-12-22-18-29(17-20-7-3-2-4-8-20)25-10-6-5-9-24(22)25/h2-10,13-16,18-19H,11-12,17H2,1H3,(H,28,30)/t19-/m1/s1. The van der Waals surface area contributed by atoms with E-state index < -0.39 is 0 Å². The van der Waals surface area contributed by atoms with Gasteiger partial charge in [-0.3, -0.25) is 4.79 Å². The maximum Gasteiger partial charge on any atom is 0.251 e. The third kappa shape index (κ3) is 4.60. The number of nitrogens with one attached hydrogen (secondary N) is 1. The van der Waals surface area contributed by atoms with Crippen LogP contribution < -0.4 is 5.32 Å². The van der Waals surface area contributed by atoms with Gasteiger partial charge < -0.3 is 9.88 Å². The minimum Gasteiger partial charge on any atom is -0.350 e. The van der Waals surface area contributed by atoms with E-state index in [9.17, 15) is 9.18 Å². The molecule has 4 aromatic rings. The van der Waals surface area contributed by atoms with Crippen molar-refractivity contribution in [2.24, 2.45) is 0 Å². The summed E-state index contributed by atoms with van der Waals surface area (Å²) in [5.74, 6) is -0.513. The topological polar surface area (TPSA) is 34.0 Å². The monoisotopic (exact) mass is 400 g/mol. The first kappa shape index (κ1) is 19.9. The molecule has 1 heterocycles. The highest BCUT2D eigenvalue weighted by atomic mass is 19.1. The zero-order valence-corrected chi connectivity index (χ0v) is 17.0. The number of carbonyl (C=O) groups excluding carboxylic acids is 1. The van der Waals surface area contributed by atoms with Gasteiger partial charge in [0.15, 0.2) is 0 Å². The highest BCUT2D eigenvalue weighted by Crippen LogP contribution is 2.24. The van der Waals surface area contributed by atoms with E-state index in [0.29, 0.717) is 5.56 Å². The number of hydrogen-bond donors (Lipinski definition) is 1. The third-order valence-corrected chi connectivity index (χ3v) is 5.40. The van der Waals surface area contributed by atoms with Gasteiger partial charge in [-0.05, 0) is 61.2 Å². The molecule has 4 rings (SSSR count). The number of fused-ring (bicyclic) bond motifs is 1. The molecule has 0 bridgehead atoms. The van der Waals surface area contributed by atoms with E-state index in [2.05, 4.69) is 64.6 Å². The van der Waals surface area contributed by atoms with Crippen molar-refractivity contribution in [1.29, 1.82) is 0 Å². The van der Waals surface area contributed by atoms with Crippen LogP contribution in [-0.2, 0) is 13.0 Å². The molecule has 1 N–H and O–H groups in total. The number of hydrogen-bond acceptors (Lipinski definition) is 1. The summed E-state index contributed by atoms with van der Waals surface area (Å²) in [6.45, 7) is 2.84. The number of nitrogens with zero attached hydrogens (tertiary/aromatic N) is 1. The van der Waals surface area contributed by atoms with E-state index in [4.69, 9.17) is 0 Å². The summed E-state index contributed by atoms with van der Waals surface area (Å²) in [6, 6.07) is 24.5. The Morgan fingerprint density at radius 3 is 2.43 bits per heavy atom. The summed E-state index contributed by atoms with van der Waals surface area (Å²) in [5.41, 5.74) is 4.25. The van der Waals surface area contributed by atoms with Crippen molar-refractivity contribution >= 4 is 16.8 Å². The van der Waals surface area contributed by atoms with Gasteiger partial charge in [-0.1, -0.05) is 48.5 Å². The van der Waals surface area contributed by atoms with E-state index in [1.165, 1.54) is 46.3 Å².